The zero-order chi connectivity index (χ0) is 12.4. The summed E-state index contributed by atoms with van der Waals surface area (Å²) in [4.78, 5) is 4.11. The van der Waals surface area contributed by atoms with E-state index in [4.69, 9.17) is 28.9 Å². The summed E-state index contributed by atoms with van der Waals surface area (Å²) < 4.78 is 0. The van der Waals surface area contributed by atoms with E-state index in [1.54, 1.807) is 12.1 Å². The summed E-state index contributed by atoms with van der Waals surface area (Å²) in [5, 5.41) is 4.06. The number of hydrogen-bond acceptors (Lipinski definition) is 3. The monoisotopic (exact) mass is 267 g/mol. The molecule has 0 saturated carbocycles. The summed E-state index contributed by atoms with van der Waals surface area (Å²) in [5.74, 6) is 0.505. The molecule has 3 N–H and O–H groups in total. The Morgan fingerprint density at radius 1 is 1.18 bits per heavy atom. The quantitative estimate of drug-likeness (QED) is 0.808. The predicted molar refractivity (Wildman–Crippen MR) is 73.1 cm³/mol. The topological polar surface area (TPSA) is 50.9 Å². The van der Waals surface area contributed by atoms with Crippen LogP contribution in [0.1, 0.15) is 5.56 Å². The lowest BCUT2D eigenvalue weighted by Crippen LogP contribution is -1.99. The summed E-state index contributed by atoms with van der Waals surface area (Å²) in [7, 11) is 0. The normalized spacial score (nSPS) is 10.3. The molecular formula is C12H11Cl2N3. The number of anilines is 3. The summed E-state index contributed by atoms with van der Waals surface area (Å²) in [6, 6.07) is 9.01. The lowest BCUT2D eigenvalue weighted by molar-refractivity contribution is 1.31. The maximum atomic E-state index is 6.07. The molecule has 1 aromatic carbocycles. The van der Waals surface area contributed by atoms with Gasteiger partial charge in [0, 0.05) is 0 Å². The van der Waals surface area contributed by atoms with Gasteiger partial charge in [0.1, 0.15) is 5.15 Å². The second-order valence-electron chi connectivity index (χ2n) is 3.68. The molecule has 2 aromatic rings. The van der Waals surface area contributed by atoms with Gasteiger partial charge in [-0.2, -0.15) is 0 Å². The van der Waals surface area contributed by atoms with Crippen molar-refractivity contribution in [1.82, 2.24) is 4.98 Å². The van der Waals surface area contributed by atoms with Gasteiger partial charge in [-0.05, 0) is 36.8 Å². The molecule has 0 bridgehead atoms. The first-order chi connectivity index (χ1) is 8.06. The van der Waals surface area contributed by atoms with E-state index in [-0.39, 0.29) is 0 Å². The van der Waals surface area contributed by atoms with Gasteiger partial charge in [0.25, 0.3) is 0 Å². The Balaban J connectivity index is 2.37. The molecule has 0 aliphatic carbocycles. The van der Waals surface area contributed by atoms with Crippen LogP contribution in [0.25, 0.3) is 0 Å². The summed E-state index contributed by atoms with van der Waals surface area (Å²) >= 11 is 11.9. The Labute approximate surface area is 110 Å². The Bertz CT molecular complexity index is 506. The molecule has 0 amide bonds. The number of aryl methyl sites for hydroxylation is 1. The van der Waals surface area contributed by atoms with Crippen molar-refractivity contribution in [2.24, 2.45) is 0 Å². The van der Waals surface area contributed by atoms with E-state index in [9.17, 15) is 0 Å². The summed E-state index contributed by atoms with van der Waals surface area (Å²) in [5.41, 5.74) is 8.17. The standard InChI is InChI=1S/C12H11Cl2N3/c1-7-2-3-8(13)10(6-7)16-12-9(15)4-5-11(14)17-12/h2-6H,15H2,1H3,(H,16,17). The predicted octanol–water partition coefficient (Wildman–Crippen LogP) is 4.02. The van der Waals surface area contributed by atoms with Gasteiger partial charge < -0.3 is 11.1 Å². The number of rotatable bonds is 2. The van der Waals surface area contributed by atoms with Gasteiger partial charge in [0.05, 0.1) is 16.4 Å². The van der Waals surface area contributed by atoms with E-state index in [2.05, 4.69) is 10.3 Å². The van der Waals surface area contributed by atoms with Crippen LogP contribution in [0.15, 0.2) is 30.3 Å². The van der Waals surface area contributed by atoms with Crippen LogP contribution in [-0.4, -0.2) is 4.98 Å². The number of aromatic nitrogens is 1. The van der Waals surface area contributed by atoms with E-state index in [0.29, 0.717) is 21.7 Å². The molecule has 3 nitrogen and oxygen atoms in total. The van der Waals surface area contributed by atoms with Crippen LogP contribution in [0.5, 0.6) is 0 Å². The first-order valence-corrected chi connectivity index (χ1v) is 5.77. The SMILES string of the molecule is Cc1ccc(Cl)c(Nc2nc(Cl)ccc2N)c1. The second-order valence-corrected chi connectivity index (χ2v) is 4.47. The molecule has 88 valence electrons. The lowest BCUT2D eigenvalue weighted by atomic mass is 10.2. The van der Waals surface area contributed by atoms with E-state index in [0.717, 1.165) is 11.3 Å². The molecule has 1 aromatic heterocycles. The maximum Gasteiger partial charge on any atom is 0.155 e. The molecular weight excluding hydrogens is 257 g/mol. The van der Waals surface area contributed by atoms with Crippen molar-refractivity contribution < 1.29 is 0 Å². The van der Waals surface area contributed by atoms with Crippen LogP contribution in [-0.2, 0) is 0 Å². The van der Waals surface area contributed by atoms with Crippen LogP contribution in [0.2, 0.25) is 10.2 Å². The molecule has 0 aliphatic heterocycles. The molecule has 17 heavy (non-hydrogen) atoms. The van der Waals surface area contributed by atoms with Crippen molar-refractivity contribution in [3.8, 4) is 0 Å². The maximum absolute atomic E-state index is 6.07. The fraction of sp³-hybridized carbons (Fsp3) is 0.0833. The third-order valence-electron chi connectivity index (χ3n) is 2.27. The van der Waals surface area contributed by atoms with Crippen LogP contribution >= 0.6 is 23.2 Å². The molecule has 1 heterocycles. The minimum absolute atomic E-state index is 0.380. The number of nitrogen functional groups attached to an aromatic ring is 1. The van der Waals surface area contributed by atoms with Crippen molar-refractivity contribution >= 4 is 40.4 Å². The summed E-state index contributed by atoms with van der Waals surface area (Å²) in [6.45, 7) is 1.98. The molecule has 0 spiro atoms. The smallest absolute Gasteiger partial charge is 0.155 e. The van der Waals surface area contributed by atoms with Crippen LogP contribution in [0, 0.1) is 6.92 Å². The number of pyridine rings is 1. The Morgan fingerprint density at radius 2 is 1.94 bits per heavy atom. The fourth-order valence-corrected chi connectivity index (χ4v) is 1.72. The van der Waals surface area contributed by atoms with Crippen LogP contribution in [0.3, 0.4) is 0 Å². The van der Waals surface area contributed by atoms with Crippen molar-refractivity contribution in [2.45, 2.75) is 6.92 Å². The fourth-order valence-electron chi connectivity index (χ4n) is 1.41. The first-order valence-electron chi connectivity index (χ1n) is 5.01. The molecule has 5 heteroatoms. The lowest BCUT2D eigenvalue weighted by Gasteiger charge is -2.10. The van der Waals surface area contributed by atoms with Gasteiger partial charge in [0.15, 0.2) is 5.82 Å². The highest BCUT2D eigenvalue weighted by Crippen LogP contribution is 2.28. The van der Waals surface area contributed by atoms with Crippen molar-refractivity contribution in [2.75, 3.05) is 11.1 Å². The average molecular weight is 268 g/mol. The van der Waals surface area contributed by atoms with Gasteiger partial charge in [-0.15, -0.1) is 0 Å². The van der Waals surface area contributed by atoms with Crippen LogP contribution < -0.4 is 11.1 Å². The zero-order valence-corrected chi connectivity index (χ0v) is 10.7. The molecule has 0 radical (unpaired) electrons. The second kappa shape index (κ2) is 4.82. The number of nitrogens with two attached hydrogens (primary N) is 1. The van der Waals surface area contributed by atoms with Crippen molar-refractivity contribution in [3.63, 3.8) is 0 Å². The average Bonchev–Trinajstić information content (AvgIpc) is 2.28. The van der Waals surface area contributed by atoms with Gasteiger partial charge in [-0.1, -0.05) is 29.3 Å². The number of hydrogen-bond donors (Lipinski definition) is 2. The number of nitrogens with one attached hydrogen (secondary N) is 1. The van der Waals surface area contributed by atoms with E-state index in [1.165, 1.54) is 0 Å². The molecule has 0 aliphatic rings. The Hall–Kier alpha value is -1.45. The summed E-state index contributed by atoms with van der Waals surface area (Å²) in [6.07, 6.45) is 0. The van der Waals surface area contributed by atoms with Crippen molar-refractivity contribution in [3.05, 3.63) is 46.1 Å². The third kappa shape index (κ3) is 2.81. The van der Waals surface area contributed by atoms with Gasteiger partial charge in [-0.25, -0.2) is 4.98 Å². The third-order valence-corrected chi connectivity index (χ3v) is 2.81. The van der Waals surface area contributed by atoms with Gasteiger partial charge in [-0.3, -0.25) is 0 Å². The van der Waals surface area contributed by atoms with Crippen LogP contribution in [0.4, 0.5) is 17.2 Å². The zero-order valence-electron chi connectivity index (χ0n) is 9.17. The molecule has 0 atom stereocenters. The highest BCUT2D eigenvalue weighted by molar-refractivity contribution is 6.33. The first kappa shape index (κ1) is 12.0. The molecule has 0 unspecified atom stereocenters. The Kier molecular flexibility index (Phi) is 3.41. The molecule has 2 rings (SSSR count). The number of halogens is 2. The number of nitrogens with zero attached hydrogens (tertiary/aromatic N) is 1. The van der Waals surface area contributed by atoms with E-state index in [1.807, 2.05) is 25.1 Å². The minimum atomic E-state index is 0.380. The van der Waals surface area contributed by atoms with E-state index < -0.39 is 0 Å². The highest BCUT2D eigenvalue weighted by Gasteiger charge is 2.05. The largest absolute Gasteiger partial charge is 0.396 e. The highest BCUT2D eigenvalue weighted by atomic mass is 35.5. The number of benzene rings is 1. The molecule has 0 fully saturated rings. The minimum Gasteiger partial charge on any atom is -0.396 e. The van der Waals surface area contributed by atoms with E-state index >= 15 is 0 Å². The molecule has 0 saturated heterocycles. The van der Waals surface area contributed by atoms with Gasteiger partial charge in [0.2, 0.25) is 0 Å². The van der Waals surface area contributed by atoms with Gasteiger partial charge >= 0.3 is 0 Å². The van der Waals surface area contributed by atoms with Crippen molar-refractivity contribution in [1.29, 1.82) is 0 Å². The Morgan fingerprint density at radius 3 is 2.71 bits per heavy atom.